The number of halogens is 1. The minimum Gasteiger partial charge on any atom is -0.463 e. The van der Waals surface area contributed by atoms with Crippen LogP contribution >= 0.6 is 11.6 Å². The van der Waals surface area contributed by atoms with Crippen molar-refractivity contribution in [1.82, 2.24) is 9.88 Å². The maximum Gasteiger partial charge on any atom is 0.254 e. The zero-order chi connectivity index (χ0) is 20.5. The molecule has 1 fully saturated rings. The van der Waals surface area contributed by atoms with E-state index in [0.717, 1.165) is 34.7 Å². The van der Waals surface area contributed by atoms with E-state index < -0.39 is 0 Å². The number of amides is 1. The normalized spacial score (nSPS) is 14.3. The Bertz CT molecular complexity index is 1200. The van der Waals surface area contributed by atoms with Gasteiger partial charge in [-0.05, 0) is 36.4 Å². The third-order valence-corrected chi connectivity index (χ3v) is 5.80. The Labute approximate surface area is 179 Å². The summed E-state index contributed by atoms with van der Waals surface area (Å²) in [6.07, 6.45) is 1.61. The lowest BCUT2D eigenvalue weighted by molar-refractivity contribution is 0.0749. The quantitative estimate of drug-likeness (QED) is 0.464. The number of nitrogens with zero attached hydrogens (tertiary/aromatic N) is 3. The number of aromatic nitrogens is 1. The summed E-state index contributed by atoms with van der Waals surface area (Å²) in [5.74, 6) is 0.665. The van der Waals surface area contributed by atoms with E-state index in [-0.39, 0.29) is 5.91 Å². The number of furan rings is 1. The van der Waals surface area contributed by atoms with E-state index in [4.69, 9.17) is 16.0 Å². The molecule has 1 aliphatic heterocycles. The van der Waals surface area contributed by atoms with Crippen molar-refractivity contribution in [2.75, 3.05) is 31.1 Å². The van der Waals surface area contributed by atoms with Crippen LogP contribution in [-0.4, -0.2) is 42.0 Å². The van der Waals surface area contributed by atoms with E-state index >= 15 is 0 Å². The molecule has 0 saturated carbocycles. The van der Waals surface area contributed by atoms with Crippen molar-refractivity contribution in [2.24, 2.45) is 0 Å². The van der Waals surface area contributed by atoms with Gasteiger partial charge in [-0.15, -0.1) is 0 Å². The largest absolute Gasteiger partial charge is 0.463 e. The third-order valence-electron chi connectivity index (χ3n) is 5.48. The number of para-hydroxylation sites is 2. The lowest BCUT2D eigenvalue weighted by Gasteiger charge is -2.36. The summed E-state index contributed by atoms with van der Waals surface area (Å²) in [5, 5.41) is 1.59. The van der Waals surface area contributed by atoms with Crippen LogP contribution in [0.4, 0.5) is 5.69 Å². The van der Waals surface area contributed by atoms with Crippen LogP contribution < -0.4 is 4.90 Å². The molecule has 0 bridgehead atoms. The zero-order valence-electron chi connectivity index (χ0n) is 16.3. The van der Waals surface area contributed by atoms with Gasteiger partial charge in [-0.1, -0.05) is 41.9 Å². The van der Waals surface area contributed by atoms with Gasteiger partial charge in [0.2, 0.25) is 0 Å². The summed E-state index contributed by atoms with van der Waals surface area (Å²) < 4.78 is 5.52. The molecule has 1 amide bonds. The number of hydrogen-bond acceptors (Lipinski definition) is 4. The molecule has 30 heavy (non-hydrogen) atoms. The number of pyridine rings is 1. The second-order valence-corrected chi connectivity index (χ2v) is 7.69. The topological polar surface area (TPSA) is 49.6 Å². The van der Waals surface area contributed by atoms with Crippen molar-refractivity contribution in [3.8, 4) is 11.5 Å². The molecule has 0 aliphatic carbocycles. The van der Waals surface area contributed by atoms with Gasteiger partial charge in [-0.25, -0.2) is 4.98 Å². The molecule has 0 N–H and O–H groups in total. The molecule has 5 nitrogen and oxygen atoms in total. The molecule has 150 valence electrons. The highest BCUT2D eigenvalue weighted by Gasteiger charge is 2.25. The van der Waals surface area contributed by atoms with Gasteiger partial charge in [0.15, 0.2) is 5.76 Å². The van der Waals surface area contributed by atoms with E-state index in [0.29, 0.717) is 30.1 Å². The standard InChI is InChI=1S/C24H20ClN3O2/c25-19-7-2-4-9-22(19)27-11-13-28(14-12-27)24(29)18-16-21(23-10-5-15-30-23)26-20-8-3-1-6-17(18)20/h1-10,15-16H,11-14H2. The third kappa shape index (κ3) is 3.42. The molecular formula is C24H20ClN3O2. The Hall–Kier alpha value is -3.31. The average molecular weight is 418 g/mol. The number of carbonyl (C=O) groups is 1. The summed E-state index contributed by atoms with van der Waals surface area (Å²) >= 11 is 6.35. The number of anilines is 1. The molecule has 6 heteroatoms. The molecule has 0 radical (unpaired) electrons. The minimum absolute atomic E-state index is 0.0141. The van der Waals surface area contributed by atoms with Crippen molar-refractivity contribution in [3.05, 3.63) is 83.6 Å². The van der Waals surface area contributed by atoms with E-state index in [1.54, 1.807) is 6.26 Å². The average Bonchev–Trinajstić information content (AvgIpc) is 3.33. The van der Waals surface area contributed by atoms with Crippen LogP contribution in [0.2, 0.25) is 5.02 Å². The first kappa shape index (κ1) is 18.7. The fourth-order valence-corrected chi connectivity index (χ4v) is 4.19. The molecule has 4 aromatic rings. The number of piperazine rings is 1. The molecule has 3 heterocycles. The molecule has 0 unspecified atom stereocenters. The van der Waals surface area contributed by atoms with Crippen LogP contribution in [0, 0.1) is 0 Å². The fraction of sp³-hybridized carbons (Fsp3) is 0.167. The predicted octanol–water partition coefficient (Wildman–Crippen LogP) is 5.11. The van der Waals surface area contributed by atoms with Crippen LogP contribution in [0.25, 0.3) is 22.4 Å². The Morgan fingerprint density at radius 2 is 1.70 bits per heavy atom. The van der Waals surface area contributed by atoms with E-state index in [2.05, 4.69) is 9.88 Å². The molecule has 1 saturated heterocycles. The van der Waals surface area contributed by atoms with Gasteiger partial charge in [-0.2, -0.15) is 0 Å². The second-order valence-electron chi connectivity index (χ2n) is 7.28. The van der Waals surface area contributed by atoms with Gasteiger partial charge in [0, 0.05) is 31.6 Å². The fourth-order valence-electron chi connectivity index (χ4n) is 3.93. The summed E-state index contributed by atoms with van der Waals surface area (Å²) in [5.41, 5.74) is 3.11. The number of fused-ring (bicyclic) bond motifs is 1. The van der Waals surface area contributed by atoms with Crippen LogP contribution in [-0.2, 0) is 0 Å². The van der Waals surface area contributed by atoms with Crippen molar-refractivity contribution < 1.29 is 9.21 Å². The van der Waals surface area contributed by atoms with Gasteiger partial charge in [-0.3, -0.25) is 4.79 Å². The lowest BCUT2D eigenvalue weighted by Crippen LogP contribution is -2.49. The smallest absolute Gasteiger partial charge is 0.254 e. The highest BCUT2D eigenvalue weighted by Crippen LogP contribution is 2.28. The van der Waals surface area contributed by atoms with Crippen LogP contribution in [0.5, 0.6) is 0 Å². The molecular weight excluding hydrogens is 398 g/mol. The first-order valence-corrected chi connectivity index (χ1v) is 10.3. The molecule has 2 aromatic carbocycles. The van der Waals surface area contributed by atoms with Gasteiger partial charge >= 0.3 is 0 Å². The summed E-state index contributed by atoms with van der Waals surface area (Å²) in [4.78, 5) is 22.3. The van der Waals surface area contributed by atoms with Gasteiger partial charge in [0.25, 0.3) is 5.91 Å². The molecule has 0 atom stereocenters. The lowest BCUT2D eigenvalue weighted by atomic mass is 10.0. The number of benzene rings is 2. The maximum atomic E-state index is 13.5. The molecule has 2 aromatic heterocycles. The first-order chi connectivity index (χ1) is 14.7. The molecule has 1 aliphatic rings. The molecule has 5 rings (SSSR count). The Morgan fingerprint density at radius 3 is 2.47 bits per heavy atom. The Balaban J connectivity index is 1.43. The highest BCUT2D eigenvalue weighted by atomic mass is 35.5. The minimum atomic E-state index is 0.0141. The molecule has 0 spiro atoms. The number of rotatable bonds is 3. The van der Waals surface area contributed by atoms with E-state index in [1.807, 2.05) is 71.6 Å². The van der Waals surface area contributed by atoms with Gasteiger partial charge < -0.3 is 14.2 Å². The summed E-state index contributed by atoms with van der Waals surface area (Å²) in [6.45, 7) is 2.75. The Kier molecular flexibility index (Phi) is 4.89. The second kappa shape index (κ2) is 7.84. The SMILES string of the molecule is O=C(c1cc(-c2ccco2)nc2ccccc12)N1CCN(c2ccccc2Cl)CC1. The van der Waals surface area contributed by atoms with Crippen LogP contribution in [0.3, 0.4) is 0 Å². The van der Waals surface area contributed by atoms with Crippen molar-refractivity contribution >= 4 is 34.1 Å². The summed E-state index contributed by atoms with van der Waals surface area (Å²) in [7, 11) is 0. The summed E-state index contributed by atoms with van der Waals surface area (Å²) in [6, 6.07) is 21.1. The van der Waals surface area contributed by atoms with Crippen molar-refractivity contribution in [2.45, 2.75) is 0 Å². The van der Waals surface area contributed by atoms with E-state index in [1.165, 1.54) is 0 Å². The van der Waals surface area contributed by atoms with Crippen LogP contribution in [0.1, 0.15) is 10.4 Å². The number of carbonyl (C=O) groups excluding carboxylic acids is 1. The van der Waals surface area contributed by atoms with E-state index in [9.17, 15) is 4.79 Å². The maximum absolute atomic E-state index is 13.5. The first-order valence-electron chi connectivity index (χ1n) is 9.93. The van der Waals surface area contributed by atoms with Crippen molar-refractivity contribution in [1.29, 1.82) is 0 Å². The van der Waals surface area contributed by atoms with Crippen LogP contribution in [0.15, 0.2) is 77.4 Å². The highest BCUT2D eigenvalue weighted by molar-refractivity contribution is 6.33. The monoisotopic (exact) mass is 417 g/mol. The van der Waals surface area contributed by atoms with Crippen molar-refractivity contribution in [3.63, 3.8) is 0 Å². The zero-order valence-corrected chi connectivity index (χ0v) is 17.0. The number of hydrogen-bond donors (Lipinski definition) is 0. The predicted molar refractivity (Wildman–Crippen MR) is 119 cm³/mol. The van der Waals surface area contributed by atoms with Gasteiger partial charge in [0.05, 0.1) is 28.1 Å². The van der Waals surface area contributed by atoms with Gasteiger partial charge in [0.1, 0.15) is 5.69 Å². The Morgan fingerprint density at radius 1 is 0.933 bits per heavy atom.